The lowest BCUT2D eigenvalue weighted by Crippen LogP contribution is -2.14. The van der Waals surface area contributed by atoms with Gasteiger partial charge in [0.05, 0.1) is 16.2 Å². The Hall–Kier alpha value is -2.08. The van der Waals surface area contributed by atoms with E-state index in [1.165, 1.54) is 6.07 Å². The van der Waals surface area contributed by atoms with Crippen LogP contribution in [0.25, 0.3) is 0 Å². The molecule has 1 aromatic heterocycles. The molecule has 0 aliphatic heterocycles. The Balaban J connectivity index is 2.32. The first-order valence-electron chi connectivity index (χ1n) is 8.00. The van der Waals surface area contributed by atoms with Crippen LogP contribution in [0, 0.1) is 13.8 Å². The Morgan fingerprint density at radius 3 is 2.42 bits per heavy atom. The van der Waals surface area contributed by atoms with Gasteiger partial charge in [-0.25, -0.2) is 8.42 Å². The van der Waals surface area contributed by atoms with Crippen molar-refractivity contribution in [3.05, 3.63) is 47.3 Å². The molecule has 0 radical (unpaired) electrons. The number of anilines is 1. The zero-order valence-electron chi connectivity index (χ0n) is 14.8. The number of sulfone groups is 1. The van der Waals surface area contributed by atoms with Crippen molar-refractivity contribution in [2.75, 3.05) is 11.1 Å². The number of carbonyl (C=O) groups excluding carboxylic acids is 1. The second kappa shape index (κ2) is 6.81. The van der Waals surface area contributed by atoms with E-state index in [1.54, 1.807) is 25.1 Å². The summed E-state index contributed by atoms with van der Waals surface area (Å²) in [5.74, 6) is -0.207. The first kappa shape index (κ1) is 18.3. The Morgan fingerprint density at radius 1 is 1.21 bits per heavy atom. The average Bonchev–Trinajstić information content (AvgIpc) is 2.82. The maximum Gasteiger partial charge on any atom is 0.257 e. The number of nitrogens with zero attached hydrogens (tertiary/aromatic N) is 1. The summed E-state index contributed by atoms with van der Waals surface area (Å²) in [7, 11) is -3.30. The normalized spacial score (nSPS) is 11.8. The maximum atomic E-state index is 12.6. The van der Waals surface area contributed by atoms with Crippen LogP contribution in [0.1, 0.15) is 48.6 Å². The summed E-state index contributed by atoms with van der Waals surface area (Å²) < 4.78 is 26.0. The quantitative estimate of drug-likeness (QED) is 0.895. The summed E-state index contributed by atoms with van der Waals surface area (Å²) in [5.41, 5.74) is 3.00. The summed E-state index contributed by atoms with van der Waals surface area (Å²) >= 11 is 0. The molecule has 0 bridgehead atoms. The van der Waals surface area contributed by atoms with Crippen molar-refractivity contribution < 1.29 is 13.2 Å². The zero-order valence-corrected chi connectivity index (χ0v) is 15.6. The molecule has 130 valence electrons. The van der Waals surface area contributed by atoms with Gasteiger partial charge in [-0.1, -0.05) is 13.0 Å². The number of aromatic nitrogens is 1. The van der Waals surface area contributed by atoms with Gasteiger partial charge >= 0.3 is 0 Å². The van der Waals surface area contributed by atoms with Crippen LogP contribution in [-0.4, -0.2) is 24.6 Å². The molecule has 0 spiro atoms. The van der Waals surface area contributed by atoms with E-state index in [0.717, 1.165) is 11.4 Å². The molecule has 0 aliphatic rings. The van der Waals surface area contributed by atoms with Gasteiger partial charge in [-0.15, -0.1) is 0 Å². The molecule has 0 atom stereocenters. The lowest BCUT2D eigenvalue weighted by molar-refractivity contribution is 0.102. The van der Waals surface area contributed by atoms with Crippen LogP contribution in [0.15, 0.2) is 35.2 Å². The Kier molecular flexibility index (Phi) is 5.18. The summed E-state index contributed by atoms with van der Waals surface area (Å²) in [5, 5.41) is 2.80. The summed E-state index contributed by atoms with van der Waals surface area (Å²) in [4.78, 5) is 12.8. The maximum absolute atomic E-state index is 12.6. The highest BCUT2D eigenvalue weighted by atomic mass is 32.2. The highest BCUT2D eigenvalue weighted by Gasteiger charge is 2.18. The minimum Gasteiger partial charge on any atom is -0.346 e. The molecule has 0 unspecified atom stereocenters. The molecule has 1 N–H and O–H groups in total. The number of rotatable bonds is 5. The predicted molar refractivity (Wildman–Crippen MR) is 96.4 cm³/mol. The average molecular weight is 348 g/mol. The van der Waals surface area contributed by atoms with Crippen LogP contribution in [0.2, 0.25) is 0 Å². The van der Waals surface area contributed by atoms with Crippen LogP contribution in [-0.2, 0) is 9.84 Å². The zero-order chi connectivity index (χ0) is 18.1. The SMILES string of the molecule is CCS(=O)(=O)c1cccc(NC(=O)c2cc(C)n(C(C)C)c2C)c1. The number of aryl methyl sites for hydroxylation is 1. The van der Waals surface area contributed by atoms with E-state index in [-0.39, 0.29) is 22.6 Å². The number of hydrogen-bond donors (Lipinski definition) is 1. The minimum absolute atomic E-state index is 0.0277. The molecule has 24 heavy (non-hydrogen) atoms. The monoisotopic (exact) mass is 348 g/mol. The van der Waals surface area contributed by atoms with Crippen molar-refractivity contribution in [1.82, 2.24) is 4.57 Å². The van der Waals surface area contributed by atoms with Crippen LogP contribution in [0.3, 0.4) is 0 Å². The third-order valence-electron chi connectivity index (χ3n) is 4.08. The van der Waals surface area contributed by atoms with Crippen LogP contribution in [0.5, 0.6) is 0 Å². The van der Waals surface area contributed by atoms with Crippen LogP contribution >= 0.6 is 0 Å². The molecule has 1 amide bonds. The van der Waals surface area contributed by atoms with E-state index in [0.29, 0.717) is 11.3 Å². The topological polar surface area (TPSA) is 68.2 Å². The second-order valence-corrected chi connectivity index (χ2v) is 8.41. The highest BCUT2D eigenvalue weighted by Crippen LogP contribution is 2.22. The highest BCUT2D eigenvalue weighted by molar-refractivity contribution is 7.91. The van der Waals surface area contributed by atoms with Gasteiger partial charge in [0, 0.05) is 23.1 Å². The van der Waals surface area contributed by atoms with Gasteiger partial charge in [-0.3, -0.25) is 4.79 Å². The lowest BCUT2D eigenvalue weighted by atomic mass is 10.2. The molecule has 1 heterocycles. The van der Waals surface area contributed by atoms with Gasteiger partial charge in [-0.05, 0) is 52.0 Å². The molecule has 1 aromatic carbocycles. The number of amides is 1. The van der Waals surface area contributed by atoms with E-state index in [2.05, 4.69) is 23.7 Å². The minimum atomic E-state index is -3.30. The number of hydrogen-bond acceptors (Lipinski definition) is 3. The fourth-order valence-electron chi connectivity index (χ4n) is 2.93. The fraction of sp³-hybridized carbons (Fsp3) is 0.389. The van der Waals surface area contributed by atoms with Gasteiger partial charge in [0.15, 0.2) is 9.84 Å². The van der Waals surface area contributed by atoms with Crippen LogP contribution < -0.4 is 5.32 Å². The Morgan fingerprint density at radius 2 is 1.88 bits per heavy atom. The molecule has 0 fully saturated rings. The van der Waals surface area contributed by atoms with Gasteiger partial charge in [0.25, 0.3) is 5.91 Å². The van der Waals surface area contributed by atoms with Gasteiger partial charge in [0.2, 0.25) is 0 Å². The Labute approximate surface area is 143 Å². The predicted octanol–water partition coefficient (Wildman–Crippen LogP) is 3.73. The van der Waals surface area contributed by atoms with E-state index in [4.69, 9.17) is 0 Å². The molecule has 6 heteroatoms. The fourth-order valence-corrected chi connectivity index (χ4v) is 3.86. The van der Waals surface area contributed by atoms with Crippen molar-refractivity contribution in [3.8, 4) is 0 Å². The lowest BCUT2D eigenvalue weighted by Gasteiger charge is -2.13. The van der Waals surface area contributed by atoms with Gasteiger partial charge in [0.1, 0.15) is 0 Å². The number of benzene rings is 1. The standard InChI is InChI=1S/C18H24N2O3S/c1-6-24(22,23)16-9-7-8-15(11-16)19-18(21)17-10-13(4)20(12(2)3)14(17)5/h7-12H,6H2,1-5H3,(H,19,21). The first-order chi connectivity index (χ1) is 11.2. The molecular formula is C18H24N2O3S. The molecule has 0 saturated heterocycles. The molecule has 5 nitrogen and oxygen atoms in total. The smallest absolute Gasteiger partial charge is 0.257 e. The number of carbonyl (C=O) groups is 1. The summed E-state index contributed by atoms with van der Waals surface area (Å²) in [6.45, 7) is 9.63. The van der Waals surface area contributed by atoms with Crippen molar-refractivity contribution in [3.63, 3.8) is 0 Å². The van der Waals surface area contributed by atoms with Crippen molar-refractivity contribution in [2.45, 2.75) is 45.6 Å². The van der Waals surface area contributed by atoms with E-state index >= 15 is 0 Å². The van der Waals surface area contributed by atoms with Gasteiger partial charge < -0.3 is 9.88 Å². The van der Waals surface area contributed by atoms with Crippen molar-refractivity contribution in [1.29, 1.82) is 0 Å². The van der Waals surface area contributed by atoms with Crippen molar-refractivity contribution >= 4 is 21.4 Å². The van der Waals surface area contributed by atoms with E-state index in [1.807, 2.05) is 19.9 Å². The third-order valence-corrected chi connectivity index (χ3v) is 5.81. The van der Waals surface area contributed by atoms with E-state index < -0.39 is 9.84 Å². The van der Waals surface area contributed by atoms with Crippen molar-refractivity contribution in [2.24, 2.45) is 0 Å². The Bertz CT molecular complexity index is 864. The first-order valence-corrected chi connectivity index (χ1v) is 9.65. The summed E-state index contributed by atoms with van der Waals surface area (Å²) in [6.07, 6.45) is 0. The van der Waals surface area contributed by atoms with Crippen LogP contribution in [0.4, 0.5) is 5.69 Å². The largest absolute Gasteiger partial charge is 0.346 e. The molecule has 2 rings (SSSR count). The summed E-state index contributed by atoms with van der Waals surface area (Å²) in [6, 6.07) is 8.49. The number of nitrogens with one attached hydrogen (secondary N) is 1. The van der Waals surface area contributed by atoms with Gasteiger partial charge in [-0.2, -0.15) is 0 Å². The molecule has 0 aliphatic carbocycles. The van der Waals surface area contributed by atoms with E-state index in [9.17, 15) is 13.2 Å². The molecule has 0 saturated carbocycles. The second-order valence-electron chi connectivity index (χ2n) is 6.13. The third kappa shape index (κ3) is 3.53. The molecular weight excluding hydrogens is 324 g/mol. The molecule has 2 aromatic rings.